The Labute approximate surface area is 220 Å². The van der Waals surface area contributed by atoms with Gasteiger partial charge in [0, 0.05) is 5.41 Å². The first kappa shape index (κ1) is 28.2. The lowest BCUT2D eigenvalue weighted by Gasteiger charge is -2.41. The second-order valence-electron chi connectivity index (χ2n) is 11.2. The summed E-state index contributed by atoms with van der Waals surface area (Å²) in [5.41, 5.74) is -1.12. The SMILES string of the molecule is CC1(CC[C@H]2CN(S(=O)(=O)c3cccc(C(F)(F)F)c3)c3cc(CC(=O)OC(C)(C)C)ccc3O2)COC1. The number of benzene rings is 2. The van der Waals surface area contributed by atoms with Crippen molar-refractivity contribution >= 4 is 21.7 Å². The van der Waals surface area contributed by atoms with Crippen LogP contribution in [-0.2, 0) is 36.9 Å². The van der Waals surface area contributed by atoms with Crippen molar-refractivity contribution in [1.82, 2.24) is 0 Å². The second kappa shape index (κ2) is 10.1. The number of hydrogen-bond donors (Lipinski definition) is 0. The van der Waals surface area contributed by atoms with E-state index in [2.05, 4.69) is 6.92 Å². The largest absolute Gasteiger partial charge is 0.486 e. The van der Waals surface area contributed by atoms with Gasteiger partial charge in [-0.15, -0.1) is 0 Å². The van der Waals surface area contributed by atoms with Gasteiger partial charge in [-0.3, -0.25) is 9.10 Å². The number of hydrogen-bond acceptors (Lipinski definition) is 6. The van der Waals surface area contributed by atoms with Crippen LogP contribution < -0.4 is 9.04 Å². The van der Waals surface area contributed by atoms with Gasteiger partial charge in [0.15, 0.2) is 0 Å². The predicted octanol–water partition coefficient (Wildman–Crippen LogP) is 5.36. The maximum absolute atomic E-state index is 13.8. The van der Waals surface area contributed by atoms with Gasteiger partial charge >= 0.3 is 12.1 Å². The first-order valence-corrected chi connectivity index (χ1v) is 13.8. The third kappa shape index (κ3) is 6.43. The van der Waals surface area contributed by atoms with Crippen LogP contribution in [0, 0.1) is 5.41 Å². The van der Waals surface area contributed by atoms with Gasteiger partial charge in [0.05, 0.1) is 42.3 Å². The van der Waals surface area contributed by atoms with Gasteiger partial charge in [-0.25, -0.2) is 8.42 Å². The summed E-state index contributed by atoms with van der Waals surface area (Å²) in [6, 6.07) is 8.44. The number of rotatable bonds is 7. The normalized spacial score (nSPS) is 19.2. The van der Waals surface area contributed by atoms with Crippen LogP contribution in [0.25, 0.3) is 0 Å². The fourth-order valence-corrected chi connectivity index (χ4v) is 6.00. The molecule has 38 heavy (non-hydrogen) atoms. The lowest BCUT2D eigenvalue weighted by molar-refractivity contribution is -0.153. The van der Waals surface area contributed by atoms with Gasteiger partial charge in [-0.1, -0.05) is 19.1 Å². The highest BCUT2D eigenvalue weighted by molar-refractivity contribution is 7.92. The zero-order valence-electron chi connectivity index (χ0n) is 21.8. The van der Waals surface area contributed by atoms with Crippen molar-refractivity contribution in [2.24, 2.45) is 5.41 Å². The van der Waals surface area contributed by atoms with Crippen molar-refractivity contribution in [2.75, 3.05) is 24.1 Å². The first-order chi connectivity index (χ1) is 17.6. The van der Waals surface area contributed by atoms with Crippen LogP contribution in [-0.4, -0.2) is 45.9 Å². The molecule has 0 amide bonds. The molecule has 2 aliphatic rings. The molecule has 208 valence electrons. The van der Waals surface area contributed by atoms with Crippen molar-refractivity contribution in [1.29, 1.82) is 0 Å². The summed E-state index contributed by atoms with van der Waals surface area (Å²) in [6.45, 7) is 8.43. The number of carbonyl (C=O) groups excluding carboxylic acids is 1. The van der Waals surface area contributed by atoms with Gasteiger partial charge in [-0.2, -0.15) is 13.2 Å². The molecular formula is C27H32F3NO6S. The van der Waals surface area contributed by atoms with E-state index >= 15 is 0 Å². The van der Waals surface area contributed by atoms with E-state index < -0.39 is 44.3 Å². The van der Waals surface area contributed by atoms with E-state index in [1.165, 1.54) is 6.07 Å². The molecule has 7 nitrogen and oxygen atoms in total. The summed E-state index contributed by atoms with van der Waals surface area (Å²) in [5, 5.41) is 0. The standard InChI is InChI=1S/C27H32F3NO6S/c1-25(2,3)37-24(32)13-18-8-9-23-22(12-18)31(15-20(36-23)10-11-26(4)16-35-17-26)38(33,34)21-7-5-6-19(14-21)27(28,29)30/h5-9,12,14,20H,10-11,13,15-17H2,1-4H3/t20-/m0/s1. The van der Waals surface area contributed by atoms with Crippen LogP contribution in [0.1, 0.15) is 51.7 Å². The Morgan fingerprint density at radius 1 is 1.13 bits per heavy atom. The smallest absolute Gasteiger partial charge is 0.416 e. The lowest BCUT2D eigenvalue weighted by atomic mass is 9.82. The first-order valence-electron chi connectivity index (χ1n) is 12.4. The number of anilines is 1. The average molecular weight is 556 g/mol. The highest BCUT2D eigenvalue weighted by Gasteiger charge is 2.39. The van der Waals surface area contributed by atoms with E-state index in [0.717, 1.165) is 28.9 Å². The zero-order valence-corrected chi connectivity index (χ0v) is 22.6. The predicted molar refractivity (Wildman–Crippen MR) is 135 cm³/mol. The van der Waals surface area contributed by atoms with Gasteiger partial charge < -0.3 is 14.2 Å². The minimum absolute atomic E-state index is 0.0222. The molecule has 0 saturated carbocycles. The molecule has 1 saturated heterocycles. The summed E-state index contributed by atoms with van der Waals surface area (Å²) in [7, 11) is -4.40. The molecule has 0 N–H and O–H groups in total. The average Bonchev–Trinajstić information content (AvgIpc) is 2.79. The molecule has 1 atom stereocenters. The summed E-state index contributed by atoms with van der Waals surface area (Å²) in [4.78, 5) is 11.9. The van der Waals surface area contributed by atoms with E-state index in [-0.39, 0.29) is 29.8 Å². The Morgan fingerprint density at radius 2 is 1.84 bits per heavy atom. The Kier molecular flexibility index (Phi) is 7.48. The summed E-state index contributed by atoms with van der Waals surface area (Å²) < 4.78 is 85.5. The maximum Gasteiger partial charge on any atom is 0.416 e. The maximum atomic E-state index is 13.8. The van der Waals surface area contributed by atoms with E-state index in [1.807, 2.05) is 0 Å². The number of nitrogens with zero attached hydrogens (tertiary/aromatic N) is 1. The summed E-state index contributed by atoms with van der Waals surface area (Å²) in [5.74, 6) is -0.213. The monoisotopic (exact) mass is 555 g/mol. The summed E-state index contributed by atoms with van der Waals surface area (Å²) in [6.07, 6.45) is -4.05. The minimum atomic E-state index is -4.70. The van der Waals surface area contributed by atoms with Crippen LogP contribution in [0.2, 0.25) is 0 Å². The Hall–Kier alpha value is -2.79. The number of alkyl halides is 3. The van der Waals surface area contributed by atoms with Crippen molar-refractivity contribution in [3.8, 4) is 5.75 Å². The highest BCUT2D eigenvalue weighted by Crippen LogP contribution is 2.41. The zero-order chi connectivity index (χ0) is 27.9. The van der Waals surface area contributed by atoms with E-state index in [1.54, 1.807) is 32.9 Å². The fourth-order valence-electron chi connectivity index (χ4n) is 4.45. The molecule has 11 heteroatoms. The van der Waals surface area contributed by atoms with E-state index in [9.17, 15) is 26.4 Å². The van der Waals surface area contributed by atoms with Crippen molar-refractivity contribution in [3.63, 3.8) is 0 Å². The van der Waals surface area contributed by atoms with Gasteiger partial charge in [0.25, 0.3) is 10.0 Å². The Balaban J connectivity index is 1.68. The molecule has 0 bridgehead atoms. The molecule has 2 aliphatic heterocycles. The van der Waals surface area contributed by atoms with Crippen molar-refractivity contribution in [2.45, 2.75) is 69.7 Å². The molecule has 1 fully saturated rings. The molecule has 0 unspecified atom stereocenters. The Bertz CT molecular complexity index is 1300. The number of sulfonamides is 1. The van der Waals surface area contributed by atoms with Crippen LogP contribution in [0.15, 0.2) is 47.4 Å². The molecule has 2 aromatic carbocycles. The minimum Gasteiger partial charge on any atom is -0.486 e. The van der Waals surface area contributed by atoms with Crippen molar-refractivity contribution in [3.05, 3.63) is 53.6 Å². The third-order valence-corrected chi connectivity index (χ3v) is 8.22. The molecule has 0 spiro atoms. The van der Waals surface area contributed by atoms with E-state index in [4.69, 9.17) is 14.2 Å². The number of esters is 1. The van der Waals surface area contributed by atoms with Crippen LogP contribution in [0.5, 0.6) is 5.75 Å². The molecule has 0 aromatic heterocycles. The van der Waals surface area contributed by atoms with Crippen LogP contribution >= 0.6 is 0 Å². The summed E-state index contributed by atoms with van der Waals surface area (Å²) >= 11 is 0. The van der Waals surface area contributed by atoms with E-state index in [0.29, 0.717) is 31.3 Å². The topological polar surface area (TPSA) is 82.1 Å². The highest BCUT2D eigenvalue weighted by atomic mass is 32.2. The molecule has 0 aliphatic carbocycles. The second-order valence-corrected chi connectivity index (χ2v) is 13.1. The lowest BCUT2D eigenvalue weighted by Crippen LogP contribution is -2.45. The molecule has 0 radical (unpaired) electrons. The van der Waals surface area contributed by atoms with Gasteiger partial charge in [0.1, 0.15) is 17.5 Å². The number of fused-ring (bicyclic) bond motifs is 1. The van der Waals surface area contributed by atoms with Gasteiger partial charge in [-0.05, 0) is 69.5 Å². The molecule has 4 rings (SSSR count). The molecular weight excluding hydrogens is 523 g/mol. The quantitative estimate of drug-likeness (QED) is 0.428. The molecule has 2 aromatic rings. The fraction of sp³-hybridized carbons (Fsp3) is 0.519. The van der Waals surface area contributed by atoms with Crippen molar-refractivity contribution < 1.29 is 40.6 Å². The van der Waals surface area contributed by atoms with Gasteiger partial charge in [0.2, 0.25) is 0 Å². The van der Waals surface area contributed by atoms with Crippen LogP contribution in [0.4, 0.5) is 18.9 Å². The molecule has 2 heterocycles. The number of carbonyl (C=O) groups is 1. The third-order valence-electron chi connectivity index (χ3n) is 6.44. The number of halogens is 3. The Morgan fingerprint density at radius 3 is 2.45 bits per heavy atom. The number of ether oxygens (including phenoxy) is 3. The van der Waals surface area contributed by atoms with Crippen LogP contribution in [0.3, 0.4) is 0 Å².